The third-order valence-electron chi connectivity index (χ3n) is 4.82. The average molecular weight is 341 g/mol. The first-order chi connectivity index (χ1) is 12.0. The molecule has 0 aliphatic heterocycles. The van der Waals surface area contributed by atoms with Gasteiger partial charge in [-0.3, -0.25) is 4.79 Å². The Hall–Kier alpha value is -2.20. The Balaban J connectivity index is 1.57. The maximum absolute atomic E-state index is 13.3. The molecule has 1 saturated carbocycles. The van der Waals surface area contributed by atoms with Crippen molar-refractivity contribution in [3.63, 3.8) is 0 Å². The van der Waals surface area contributed by atoms with E-state index in [-0.39, 0.29) is 29.5 Å². The minimum atomic E-state index is -0.428. The van der Waals surface area contributed by atoms with Gasteiger partial charge >= 0.3 is 0 Å². The fourth-order valence-electron chi connectivity index (χ4n) is 3.42. The highest BCUT2D eigenvalue weighted by Crippen LogP contribution is 2.47. The summed E-state index contributed by atoms with van der Waals surface area (Å²) >= 11 is 0. The van der Waals surface area contributed by atoms with Crippen LogP contribution in [-0.4, -0.2) is 23.7 Å². The quantitative estimate of drug-likeness (QED) is 0.808. The Morgan fingerprint density at radius 2 is 2.00 bits per heavy atom. The van der Waals surface area contributed by atoms with Crippen molar-refractivity contribution < 1.29 is 14.3 Å². The summed E-state index contributed by atoms with van der Waals surface area (Å²) in [6.45, 7) is 2.26. The molecular formula is C21H24FNO2. The van der Waals surface area contributed by atoms with E-state index in [1.54, 1.807) is 13.0 Å². The molecule has 0 bridgehead atoms. The van der Waals surface area contributed by atoms with Crippen molar-refractivity contribution in [2.75, 3.05) is 6.54 Å². The Bertz CT molecular complexity index is 717. The minimum absolute atomic E-state index is 0.0146. The average Bonchev–Trinajstić information content (AvgIpc) is 3.40. The van der Waals surface area contributed by atoms with Gasteiger partial charge in [0.25, 0.3) is 0 Å². The number of rotatable bonds is 7. The van der Waals surface area contributed by atoms with Crippen LogP contribution in [0.1, 0.15) is 42.7 Å². The van der Waals surface area contributed by atoms with E-state index < -0.39 is 6.10 Å². The van der Waals surface area contributed by atoms with Crippen LogP contribution < -0.4 is 5.32 Å². The van der Waals surface area contributed by atoms with Gasteiger partial charge in [0.15, 0.2) is 0 Å². The first kappa shape index (κ1) is 17.6. The number of hydrogen-bond donors (Lipinski definition) is 2. The van der Waals surface area contributed by atoms with E-state index in [1.165, 1.54) is 12.1 Å². The van der Waals surface area contributed by atoms with E-state index >= 15 is 0 Å². The van der Waals surface area contributed by atoms with Crippen molar-refractivity contribution in [2.24, 2.45) is 5.92 Å². The SMILES string of the molecule is CC(O)CC(CNC(=O)C1CC1c1cccc(F)c1)c1ccccc1. The van der Waals surface area contributed by atoms with Gasteiger partial charge in [-0.15, -0.1) is 0 Å². The fraction of sp³-hybridized carbons (Fsp3) is 0.381. The van der Waals surface area contributed by atoms with Gasteiger partial charge in [-0.25, -0.2) is 4.39 Å². The largest absolute Gasteiger partial charge is 0.393 e. The molecule has 2 N–H and O–H groups in total. The lowest BCUT2D eigenvalue weighted by atomic mass is 9.93. The van der Waals surface area contributed by atoms with Gasteiger partial charge in [0.2, 0.25) is 5.91 Å². The fourth-order valence-corrected chi connectivity index (χ4v) is 3.42. The van der Waals surface area contributed by atoms with Crippen molar-refractivity contribution in [1.82, 2.24) is 5.32 Å². The van der Waals surface area contributed by atoms with Crippen LogP contribution in [0.2, 0.25) is 0 Å². The number of halogens is 1. The molecule has 3 rings (SSSR count). The molecule has 0 aromatic heterocycles. The normalized spacial score (nSPS) is 21.4. The Kier molecular flexibility index (Phi) is 5.49. The third-order valence-corrected chi connectivity index (χ3v) is 4.82. The molecule has 4 unspecified atom stereocenters. The van der Waals surface area contributed by atoms with Crippen LogP contribution in [0, 0.1) is 11.7 Å². The van der Waals surface area contributed by atoms with Crippen LogP contribution in [0.3, 0.4) is 0 Å². The van der Waals surface area contributed by atoms with Gasteiger partial charge in [0.05, 0.1) is 6.10 Å². The Morgan fingerprint density at radius 3 is 2.68 bits per heavy atom. The van der Waals surface area contributed by atoms with Crippen LogP contribution in [-0.2, 0) is 4.79 Å². The molecule has 1 fully saturated rings. The zero-order valence-corrected chi connectivity index (χ0v) is 14.4. The second kappa shape index (κ2) is 7.79. The highest BCUT2D eigenvalue weighted by Gasteiger charge is 2.44. The zero-order chi connectivity index (χ0) is 17.8. The van der Waals surface area contributed by atoms with E-state index in [0.717, 1.165) is 17.5 Å². The molecule has 4 heteroatoms. The minimum Gasteiger partial charge on any atom is -0.393 e. The molecule has 4 atom stereocenters. The van der Waals surface area contributed by atoms with Gasteiger partial charge in [-0.1, -0.05) is 42.5 Å². The molecule has 1 amide bonds. The molecule has 0 saturated heterocycles. The predicted octanol–water partition coefficient (Wildman–Crippen LogP) is 3.60. The summed E-state index contributed by atoms with van der Waals surface area (Å²) < 4.78 is 13.3. The van der Waals surface area contributed by atoms with E-state index in [9.17, 15) is 14.3 Å². The lowest BCUT2D eigenvalue weighted by molar-refractivity contribution is -0.122. The number of aliphatic hydroxyl groups excluding tert-OH is 1. The predicted molar refractivity (Wildman–Crippen MR) is 95.7 cm³/mol. The van der Waals surface area contributed by atoms with E-state index in [4.69, 9.17) is 0 Å². The Labute approximate surface area is 147 Å². The molecule has 0 heterocycles. The highest BCUT2D eigenvalue weighted by molar-refractivity contribution is 5.82. The number of carbonyl (C=O) groups is 1. The molecule has 2 aromatic rings. The lowest BCUT2D eigenvalue weighted by Crippen LogP contribution is -2.31. The van der Waals surface area contributed by atoms with Crippen LogP contribution in [0.25, 0.3) is 0 Å². The van der Waals surface area contributed by atoms with E-state index in [1.807, 2.05) is 36.4 Å². The van der Waals surface area contributed by atoms with Crippen LogP contribution in [0.15, 0.2) is 54.6 Å². The topological polar surface area (TPSA) is 49.3 Å². The molecule has 1 aliphatic carbocycles. The summed E-state index contributed by atoms with van der Waals surface area (Å²) in [4.78, 5) is 12.4. The first-order valence-corrected chi connectivity index (χ1v) is 8.80. The molecule has 2 aromatic carbocycles. The van der Waals surface area contributed by atoms with Crippen molar-refractivity contribution in [1.29, 1.82) is 0 Å². The summed E-state index contributed by atoms with van der Waals surface area (Å²) in [5.74, 6) is -0.130. The van der Waals surface area contributed by atoms with Gasteiger partial charge in [0, 0.05) is 18.4 Å². The van der Waals surface area contributed by atoms with Crippen molar-refractivity contribution >= 4 is 5.91 Å². The summed E-state index contributed by atoms with van der Waals surface area (Å²) in [6.07, 6.45) is 0.937. The standard InChI is InChI=1S/C21H24FNO2/c1-14(24)10-17(15-6-3-2-4-7-15)13-23-21(25)20-12-19(20)16-8-5-9-18(22)11-16/h2-9,11,14,17,19-20,24H,10,12-13H2,1H3,(H,23,25). The van der Waals surface area contributed by atoms with Crippen molar-refractivity contribution in [2.45, 2.75) is 37.7 Å². The highest BCUT2D eigenvalue weighted by atomic mass is 19.1. The summed E-state index contributed by atoms with van der Waals surface area (Å²) in [6, 6.07) is 16.4. The molecule has 132 valence electrons. The van der Waals surface area contributed by atoms with Gasteiger partial charge < -0.3 is 10.4 Å². The molecule has 0 radical (unpaired) electrons. The molecular weight excluding hydrogens is 317 g/mol. The molecule has 1 aliphatic rings. The van der Waals surface area contributed by atoms with Crippen molar-refractivity contribution in [3.05, 3.63) is 71.5 Å². The lowest BCUT2D eigenvalue weighted by Gasteiger charge is -2.19. The van der Waals surface area contributed by atoms with Gasteiger partial charge in [-0.05, 0) is 48.9 Å². The van der Waals surface area contributed by atoms with E-state index in [2.05, 4.69) is 5.32 Å². The van der Waals surface area contributed by atoms with Crippen LogP contribution in [0.5, 0.6) is 0 Å². The zero-order valence-electron chi connectivity index (χ0n) is 14.4. The van der Waals surface area contributed by atoms with Crippen molar-refractivity contribution in [3.8, 4) is 0 Å². The summed E-state index contributed by atoms with van der Waals surface area (Å²) in [5, 5.41) is 12.8. The number of carbonyl (C=O) groups excluding carboxylic acids is 1. The van der Waals surface area contributed by atoms with Crippen LogP contribution in [0.4, 0.5) is 4.39 Å². The first-order valence-electron chi connectivity index (χ1n) is 8.80. The van der Waals surface area contributed by atoms with Gasteiger partial charge in [-0.2, -0.15) is 0 Å². The van der Waals surface area contributed by atoms with Crippen LogP contribution >= 0.6 is 0 Å². The summed E-state index contributed by atoms with van der Waals surface area (Å²) in [7, 11) is 0. The third kappa shape index (κ3) is 4.67. The maximum Gasteiger partial charge on any atom is 0.223 e. The molecule has 25 heavy (non-hydrogen) atoms. The number of amides is 1. The monoisotopic (exact) mass is 341 g/mol. The number of nitrogens with one attached hydrogen (secondary N) is 1. The number of hydrogen-bond acceptors (Lipinski definition) is 2. The maximum atomic E-state index is 13.3. The smallest absolute Gasteiger partial charge is 0.223 e. The molecule has 0 spiro atoms. The second-order valence-corrected chi connectivity index (χ2v) is 6.94. The molecule has 3 nitrogen and oxygen atoms in total. The second-order valence-electron chi connectivity index (χ2n) is 6.94. The van der Waals surface area contributed by atoms with Gasteiger partial charge in [0.1, 0.15) is 5.82 Å². The summed E-state index contributed by atoms with van der Waals surface area (Å²) in [5.41, 5.74) is 2.00. The van der Waals surface area contributed by atoms with E-state index in [0.29, 0.717) is 13.0 Å². The number of aliphatic hydroxyl groups is 1. The Morgan fingerprint density at radius 1 is 1.24 bits per heavy atom. The number of benzene rings is 2.